The minimum Gasteiger partial charge on any atom is -0.273 e. The summed E-state index contributed by atoms with van der Waals surface area (Å²) in [5.74, 6) is -0.943. The number of hydrogen-bond acceptors (Lipinski definition) is 4. The summed E-state index contributed by atoms with van der Waals surface area (Å²) < 4.78 is 1.27. The SMILES string of the molecule is CCCn1nc(C(=O)NNC(=O)CCc2ccccc2Cl)c2ccccc2c1=O. The molecule has 8 heteroatoms. The molecule has 29 heavy (non-hydrogen) atoms. The molecule has 3 aromatic rings. The molecule has 7 nitrogen and oxygen atoms in total. The molecule has 0 radical (unpaired) electrons. The van der Waals surface area contributed by atoms with E-state index in [0.717, 1.165) is 5.56 Å². The minimum atomic E-state index is -0.586. The van der Waals surface area contributed by atoms with E-state index in [9.17, 15) is 14.4 Å². The first-order valence-corrected chi connectivity index (χ1v) is 9.71. The average Bonchev–Trinajstić information content (AvgIpc) is 2.73. The zero-order valence-electron chi connectivity index (χ0n) is 15.9. The number of nitrogens with one attached hydrogen (secondary N) is 2. The van der Waals surface area contributed by atoms with Gasteiger partial charge in [-0.05, 0) is 30.5 Å². The van der Waals surface area contributed by atoms with E-state index in [-0.39, 0.29) is 23.6 Å². The van der Waals surface area contributed by atoms with Crippen LogP contribution in [0.4, 0.5) is 0 Å². The molecule has 0 saturated carbocycles. The van der Waals surface area contributed by atoms with Crippen molar-refractivity contribution in [1.82, 2.24) is 20.6 Å². The van der Waals surface area contributed by atoms with Crippen LogP contribution in [0.15, 0.2) is 53.3 Å². The number of nitrogens with zero attached hydrogens (tertiary/aromatic N) is 2. The van der Waals surface area contributed by atoms with Crippen molar-refractivity contribution in [3.63, 3.8) is 0 Å². The van der Waals surface area contributed by atoms with E-state index in [1.807, 2.05) is 25.1 Å². The van der Waals surface area contributed by atoms with Gasteiger partial charge in [0.25, 0.3) is 11.5 Å². The van der Waals surface area contributed by atoms with Gasteiger partial charge in [-0.25, -0.2) is 4.68 Å². The van der Waals surface area contributed by atoms with E-state index in [4.69, 9.17) is 11.6 Å². The molecule has 0 fully saturated rings. The average molecular weight is 413 g/mol. The van der Waals surface area contributed by atoms with Crippen LogP contribution in [0.1, 0.15) is 35.8 Å². The van der Waals surface area contributed by atoms with Crippen molar-refractivity contribution in [3.8, 4) is 0 Å². The largest absolute Gasteiger partial charge is 0.290 e. The zero-order valence-corrected chi connectivity index (χ0v) is 16.7. The van der Waals surface area contributed by atoms with E-state index < -0.39 is 5.91 Å². The molecule has 150 valence electrons. The summed E-state index contributed by atoms with van der Waals surface area (Å²) in [6, 6.07) is 14.1. The van der Waals surface area contributed by atoms with Gasteiger partial charge >= 0.3 is 0 Å². The summed E-state index contributed by atoms with van der Waals surface area (Å²) in [7, 11) is 0. The van der Waals surface area contributed by atoms with Crippen LogP contribution in [0.3, 0.4) is 0 Å². The number of benzene rings is 2. The molecule has 1 heterocycles. The van der Waals surface area contributed by atoms with Crippen molar-refractivity contribution in [2.24, 2.45) is 0 Å². The Kier molecular flexibility index (Phi) is 6.61. The van der Waals surface area contributed by atoms with Crippen LogP contribution in [0, 0.1) is 0 Å². The first-order chi connectivity index (χ1) is 14.0. The highest BCUT2D eigenvalue weighted by Gasteiger charge is 2.17. The first kappa shape index (κ1) is 20.5. The molecule has 0 unspecified atom stereocenters. The standard InChI is InChI=1S/C21H21ClN4O3/c1-2-13-26-21(29)16-9-5-4-8-15(16)19(25-26)20(28)24-23-18(27)12-11-14-7-3-6-10-17(14)22/h3-10H,2,11-13H2,1H3,(H,23,27)(H,24,28). The Hall–Kier alpha value is -3.19. The summed E-state index contributed by atoms with van der Waals surface area (Å²) >= 11 is 6.09. The number of amides is 2. The van der Waals surface area contributed by atoms with Crippen LogP contribution >= 0.6 is 11.6 Å². The van der Waals surface area contributed by atoms with Gasteiger partial charge in [0, 0.05) is 23.4 Å². The molecular formula is C21H21ClN4O3. The summed E-state index contributed by atoms with van der Waals surface area (Å²) in [6.07, 6.45) is 1.31. The van der Waals surface area contributed by atoms with E-state index in [2.05, 4.69) is 16.0 Å². The van der Waals surface area contributed by atoms with Gasteiger partial charge in [0.05, 0.1) is 5.39 Å². The van der Waals surface area contributed by atoms with Crippen LogP contribution in [0.2, 0.25) is 5.02 Å². The zero-order chi connectivity index (χ0) is 20.8. The second-order valence-corrected chi connectivity index (χ2v) is 6.92. The second-order valence-electron chi connectivity index (χ2n) is 6.52. The highest BCUT2D eigenvalue weighted by molar-refractivity contribution is 6.31. The van der Waals surface area contributed by atoms with Gasteiger partial charge in [-0.2, -0.15) is 5.10 Å². The number of carbonyl (C=O) groups is 2. The fourth-order valence-corrected chi connectivity index (χ4v) is 3.19. The van der Waals surface area contributed by atoms with Crippen molar-refractivity contribution in [3.05, 3.63) is 75.2 Å². The lowest BCUT2D eigenvalue weighted by Crippen LogP contribution is -2.43. The van der Waals surface area contributed by atoms with Crippen molar-refractivity contribution in [1.29, 1.82) is 0 Å². The van der Waals surface area contributed by atoms with Crippen molar-refractivity contribution in [2.45, 2.75) is 32.7 Å². The van der Waals surface area contributed by atoms with Crippen LogP contribution in [0.25, 0.3) is 10.8 Å². The third-order valence-corrected chi connectivity index (χ3v) is 4.78. The topological polar surface area (TPSA) is 93.1 Å². The maximum atomic E-state index is 12.6. The molecule has 1 aromatic heterocycles. The molecule has 2 N–H and O–H groups in total. The third-order valence-electron chi connectivity index (χ3n) is 4.41. The third kappa shape index (κ3) is 4.81. The van der Waals surface area contributed by atoms with Gasteiger partial charge in [0.2, 0.25) is 5.91 Å². The van der Waals surface area contributed by atoms with Gasteiger partial charge in [-0.15, -0.1) is 0 Å². The van der Waals surface area contributed by atoms with Gasteiger partial charge in [0.15, 0.2) is 5.69 Å². The van der Waals surface area contributed by atoms with Crippen LogP contribution in [-0.4, -0.2) is 21.6 Å². The lowest BCUT2D eigenvalue weighted by atomic mass is 10.1. The molecule has 0 aliphatic carbocycles. The molecule has 0 atom stereocenters. The fraction of sp³-hybridized carbons (Fsp3) is 0.238. The smallest absolute Gasteiger partial charge is 0.273 e. The van der Waals surface area contributed by atoms with E-state index in [1.54, 1.807) is 30.3 Å². The molecule has 0 aliphatic heterocycles. The number of rotatable bonds is 6. The number of carbonyl (C=O) groups excluding carboxylic acids is 2. The summed E-state index contributed by atoms with van der Waals surface area (Å²) in [6.45, 7) is 2.32. The molecular weight excluding hydrogens is 392 g/mol. The Morgan fingerprint density at radius 2 is 1.72 bits per heavy atom. The summed E-state index contributed by atoms with van der Waals surface area (Å²) in [5, 5.41) is 5.64. The maximum Gasteiger partial charge on any atom is 0.290 e. The van der Waals surface area contributed by atoms with Gasteiger partial charge in [-0.3, -0.25) is 25.2 Å². The van der Waals surface area contributed by atoms with Crippen LogP contribution in [0.5, 0.6) is 0 Å². The number of aromatic nitrogens is 2. The van der Waals surface area contributed by atoms with Gasteiger partial charge in [0.1, 0.15) is 0 Å². The number of hydrogen-bond donors (Lipinski definition) is 2. The normalized spacial score (nSPS) is 10.7. The van der Waals surface area contributed by atoms with E-state index >= 15 is 0 Å². The van der Waals surface area contributed by atoms with Crippen molar-refractivity contribution < 1.29 is 9.59 Å². The Bertz CT molecular complexity index is 1110. The molecule has 2 amide bonds. The van der Waals surface area contributed by atoms with Crippen LogP contribution in [-0.2, 0) is 17.8 Å². The van der Waals surface area contributed by atoms with Gasteiger partial charge < -0.3 is 0 Å². The molecule has 0 spiro atoms. The van der Waals surface area contributed by atoms with E-state index in [0.29, 0.717) is 35.2 Å². The molecule has 0 saturated heterocycles. The highest BCUT2D eigenvalue weighted by atomic mass is 35.5. The summed E-state index contributed by atoms with van der Waals surface area (Å²) in [4.78, 5) is 37.2. The highest BCUT2D eigenvalue weighted by Crippen LogP contribution is 2.16. The Labute approximate surface area is 172 Å². The quantitative estimate of drug-likeness (QED) is 0.609. The Morgan fingerprint density at radius 1 is 1.03 bits per heavy atom. The predicted octanol–water partition coefficient (Wildman–Crippen LogP) is 2.85. The number of fused-ring (bicyclic) bond motifs is 1. The Morgan fingerprint density at radius 3 is 2.45 bits per heavy atom. The lowest BCUT2D eigenvalue weighted by Gasteiger charge is -2.11. The minimum absolute atomic E-state index is 0.0834. The monoisotopic (exact) mass is 412 g/mol. The lowest BCUT2D eigenvalue weighted by molar-refractivity contribution is -0.121. The molecule has 2 aromatic carbocycles. The van der Waals surface area contributed by atoms with Crippen molar-refractivity contribution >= 4 is 34.2 Å². The van der Waals surface area contributed by atoms with Crippen LogP contribution < -0.4 is 16.4 Å². The second kappa shape index (κ2) is 9.34. The fourth-order valence-electron chi connectivity index (χ4n) is 2.96. The Balaban J connectivity index is 1.71. The van der Waals surface area contributed by atoms with E-state index in [1.165, 1.54) is 4.68 Å². The predicted molar refractivity (Wildman–Crippen MR) is 112 cm³/mol. The summed E-state index contributed by atoms with van der Waals surface area (Å²) in [5.41, 5.74) is 5.47. The van der Waals surface area contributed by atoms with Crippen molar-refractivity contribution in [2.75, 3.05) is 0 Å². The first-order valence-electron chi connectivity index (χ1n) is 9.33. The molecule has 3 rings (SSSR count). The number of aryl methyl sites for hydroxylation is 2. The molecule has 0 aliphatic rings. The maximum absolute atomic E-state index is 12.6. The number of hydrazine groups is 1. The number of halogens is 1. The molecule has 0 bridgehead atoms. The van der Waals surface area contributed by atoms with Gasteiger partial charge in [-0.1, -0.05) is 54.9 Å².